The third kappa shape index (κ3) is 19.8. The third-order valence-corrected chi connectivity index (χ3v) is 15.2. The van der Waals surface area contributed by atoms with Crippen LogP contribution in [0.3, 0.4) is 0 Å². The molecule has 39 nitrogen and oxygen atoms in total. The van der Waals surface area contributed by atoms with Gasteiger partial charge in [-0.15, -0.1) is 0 Å². The quantitative estimate of drug-likeness (QED) is 0.0259. The predicted octanol–water partition coefficient (Wildman–Crippen LogP) is -4.49. The van der Waals surface area contributed by atoms with Crippen LogP contribution < -0.4 is 10.0 Å². The van der Waals surface area contributed by atoms with Crippen molar-refractivity contribution in [1.82, 2.24) is 10.0 Å². The number of alkyl halides is 17. The van der Waals surface area contributed by atoms with Crippen molar-refractivity contribution in [3.63, 3.8) is 0 Å². The number of hydrogen-bond donors (Lipinski definition) is 15. The summed E-state index contributed by atoms with van der Waals surface area (Å²) in [6.45, 7) is -0.350. The summed E-state index contributed by atoms with van der Waals surface area (Å²) in [5, 5.41) is 86.0. The van der Waals surface area contributed by atoms with E-state index in [1.807, 2.05) is 12.2 Å². The molecule has 4 saturated heterocycles. The maximum absolute atomic E-state index is 13.0. The lowest BCUT2D eigenvalue weighted by atomic mass is 9.88. The molecule has 0 spiro atoms. The van der Waals surface area contributed by atoms with Crippen molar-refractivity contribution in [2.75, 3.05) is 13.2 Å². The Morgan fingerprint density at radius 3 is 1.26 bits per heavy atom. The standard InChI is InChI=1S/C26H42N2O37S5.C10H4F17/c1-4(30)27-7-9(31)13(6(56-23(7)39)3-55-67(43,44)45)58-26-19(65-70(52,53)54)12(34)16(20(62-26)22(37)38)60-24-8(28-66(40,41)42)15(63-68(46,47)48)14(5(2-29)57-24)59-25-18(64-69(49,50)51)11(33)10(32)17(61-25)21(35)36;1-2-3(11,12)4(13,14)5(15,16)6(17,18)7(19,20)8(21,22)9(23,24)10(25,26)27/h5-20,23-26,28-29,31-34,39H,2-3H2,1H3,(H,27,30)(H,35,36)(H,37,38)(H,40,41,42)(H,43,44,45)(H,46,47,48)(H,49,50,51)(H,52,53,54);1-2H2/t5-,6+,7-,8-,9-,10-,11-,12+,13-,14-,15-,16+,17-,18+,19-,20+,23-,24+,25+,26-;/m1./s1. The summed E-state index contributed by atoms with van der Waals surface area (Å²) in [7, 11) is -29.1. The third-order valence-electron chi connectivity index (χ3n) is 12.8. The van der Waals surface area contributed by atoms with Crippen LogP contribution in [0, 0.1) is 6.92 Å². The highest BCUT2D eigenvalue weighted by Crippen LogP contribution is 2.64. The molecule has 4 aliphatic rings. The van der Waals surface area contributed by atoms with Crippen molar-refractivity contribution in [1.29, 1.82) is 0 Å². The van der Waals surface area contributed by atoms with Crippen molar-refractivity contribution >= 4 is 69.7 Å². The fourth-order valence-electron chi connectivity index (χ4n) is 8.40. The molecule has 0 bridgehead atoms. The van der Waals surface area contributed by atoms with Gasteiger partial charge in [0, 0.05) is 13.3 Å². The van der Waals surface area contributed by atoms with Gasteiger partial charge in [-0.3, -0.25) is 27.6 Å². The number of ether oxygens (including phenoxy) is 7. The molecule has 0 saturated carbocycles. The number of rotatable bonds is 28. The SMILES string of the molecule is CC(=O)N[C@@H]1[C@@H](O)[C@H](O[C@@H]2O[C@H](C(=O)O)[C@@H](O[C@@H]3O[C@H](CO)[C@@H](O[C@H]4O[C@@H](C(=O)O)[C@H](O)[C@@H](O)[C@@H]4OS(=O)(=O)O)[C@H](OS(=O)(=O)O)[C@H]3NS(=O)(=O)O)[C@H](O)[C@H]2OS(=O)(=O)O)[C@H](COS(=O)(=O)O)O[C@H]1O.[CH2]CC(F)(F)C(F)(F)C(F)(F)C(F)(F)C(F)(F)C(F)(F)C(F)(F)C(F)(F)F. The number of carboxylic acid groups (broad SMARTS) is 2. The van der Waals surface area contributed by atoms with Crippen molar-refractivity contribution < 1.29 is 245 Å². The van der Waals surface area contributed by atoms with Crippen molar-refractivity contribution in [3.05, 3.63) is 6.92 Å². The lowest BCUT2D eigenvalue weighted by Crippen LogP contribution is -2.74. The lowest BCUT2D eigenvalue weighted by Gasteiger charge is -2.50. The summed E-state index contributed by atoms with van der Waals surface area (Å²) in [5.74, 6) is -61.4. The largest absolute Gasteiger partial charge is 0.479 e. The van der Waals surface area contributed by atoms with E-state index in [9.17, 15) is 190 Å². The minimum atomic E-state index is -8.58. The first-order valence-electron chi connectivity index (χ1n) is 24.3. The molecule has 20 atom stereocenters. The van der Waals surface area contributed by atoms with Crippen LogP contribution in [-0.4, -0.2) is 307 Å². The minimum Gasteiger partial charge on any atom is -0.479 e. The average Bonchev–Trinajstić information content (AvgIpc) is 0.697. The Morgan fingerprint density at radius 1 is 0.464 bits per heavy atom. The van der Waals surface area contributed by atoms with Crippen LogP contribution in [0.15, 0.2) is 0 Å². The van der Waals surface area contributed by atoms with E-state index in [2.05, 4.69) is 16.7 Å². The average molecular weight is 1580 g/mol. The Labute approximate surface area is 527 Å². The number of nitrogens with one attached hydrogen (secondary N) is 2. The number of aliphatic hydroxyl groups is 6. The number of hydrogen-bond acceptors (Lipinski definition) is 30. The van der Waals surface area contributed by atoms with Gasteiger partial charge >= 0.3 is 111 Å². The molecular weight excluding hydrogens is 1540 g/mol. The number of carbonyl (C=O) groups excluding carboxylic acids is 1. The first kappa shape index (κ1) is 87.3. The van der Waals surface area contributed by atoms with E-state index in [-0.39, 0.29) is 0 Å². The van der Waals surface area contributed by atoms with Gasteiger partial charge < -0.3 is 79.3 Å². The van der Waals surface area contributed by atoms with Gasteiger partial charge in [0.1, 0.15) is 73.1 Å². The van der Waals surface area contributed by atoms with Crippen LogP contribution in [-0.2, 0) is 116 Å². The van der Waals surface area contributed by atoms with Crippen LogP contribution in [0.25, 0.3) is 0 Å². The van der Waals surface area contributed by atoms with E-state index in [4.69, 9.17) is 37.7 Å². The highest BCUT2D eigenvalue weighted by Gasteiger charge is 2.95. The van der Waals surface area contributed by atoms with Crippen LogP contribution in [0.2, 0.25) is 0 Å². The van der Waals surface area contributed by atoms with E-state index in [1.54, 1.807) is 0 Å². The highest BCUT2D eigenvalue weighted by molar-refractivity contribution is 7.83. The van der Waals surface area contributed by atoms with Gasteiger partial charge in [-0.25, -0.2) is 26.3 Å². The summed E-state index contributed by atoms with van der Waals surface area (Å²) in [6.07, 6.45) is -59.5. The van der Waals surface area contributed by atoms with E-state index < -0.39 is 260 Å². The molecular formula is C36H46F17N2O37S5. The van der Waals surface area contributed by atoms with E-state index >= 15 is 0 Å². The van der Waals surface area contributed by atoms with Crippen LogP contribution in [0.4, 0.5) is 74.6 Å². The lowest BCUT2D eigenvalue weighted by molar-refractivity contribution is -0.461. The van der Waals surface area contributed by atoms with E-state index in [0.29, 0.717) is 0 Å². The first-order valence-corrected chi connectivity index (χ1v) is 31.2. The maximum atomic E-state index is 13.0. The van der Waals surface area contributed by atoms with Crippen molar-refractivity contribution in [2.24, 2.45) is 0 Å². The summed E-state index contributed by atoms with van der Waals surface area (Å²) >= 11 is 0. The molecule has 4 aliphatic heterocycles. The van der Waals surface area contributed by atoms with Crippen molar-refractivity contribution in [3.8, 4) is 0 Å². The van der Waals surface area contributed by atoms with Crippen molar-refractivity contribution in [2.45, 2.75) is 184 Å². The number of aliphatic carboxylic acids is 2. The number of halogens is 17. The second-order valence-corrected chi connectivity index (χ2v) is 24.9. The molecule has 1 amide bonds. The molecule has 4 heterocycles. The van der Waals surface area contributed by atoms with Crippen LogP contribution >= 0.6 is 0 Å². The fraction of sp³-hybridized carbons (Fsp3) is 0.889. The van der Waals surface area contributed by atoms with Gasteiger partial charge in [-0.1, -0.05) is 0 Å². The Morgan fingerprint density at radius 2 is 0.866 bits per heavy atom. The molecule has 0 unspecified atom stereocenters. The number of carboxylic acids is 2. The molecule has 0 aromatic rings. The van der Waals surface area contributed by atoms with Gasteiger partial charge in [-0.05, 0) is 6.92 Å². The second-order valence-electron chi connectivity index (χ2n) is 19.5. The van der Waals surface area contributed by atoms with Crippen LogP contribution in [0.5, 0.6) is 0 Å². The van der Waals surface area contributed by atoms with Gasteiger partial charge in [0.25, 0.3) is 0 Å². The zero-order valence-corrected chi connectivity index (χ0v) is 50.0. The number of amides is 1. The van der Waals surface area contributed by atoms with Gasteiger partial charge in [0.15, 0.2) is 49.6 Å². The van der Waals surface area contributed by atoms with Crippen LogP contribution in [0.1, 0.15) is 13.3 Å². The second kappa shape index (κ2) is 30.2. The Kier molecular flexibility index (Phi) is 27.1. The normalized spacial score (nSPS) is 32.9. The highest BCUT2D eigenvalue weighted by atomic mass is 32.3. The Bertz CT molecular complexity index is 3370. The summed E-state index contributed by atoms with van der Waals surface area (Å²) in [5.41, 5.74) is 0. The first-order chi connectivity index (χ1) is 43.1. The molecule has 0 aliphatic carbocycles. The van der Waals surface area contributed by atoms with Gasteiger partial charge in [0.05, 0.1) is 13.2 Å². The Balaban J connectivity index is 0.000000761. The fourth-order valence-corrected chi connectivity index (χ4v) is 10.8. The molecule has 15 N–H and O–H groups in total. The topological polar surface area (TPSA) is 610 Å². The van der Waals surface area contributed by atoms with Gasteiger partial charge in [0.2, 0.25) is 5.91 Å². The molecule has 0 aromatic heterocycles. The number of aliphatic hydroxyl groups excluding tert-OH is 6. The molecule has 4 rings (SSSR count). The Hall–Kier alpha value is -3.95. The molecule has 571 valence electrons. The van der Waals surface area contributed by atoms with E-state index in [1.165, 1.54) is 4.72 Å². The molecule has 97 heavy (non-hydrogen) atoms. The summed E-state index contributed by atoms with van der Waals surface area (Å²) in [4.78, 5) is 36.4. The molecule has 61 heteroatoms. The molecule has 1 radical (unpaired) electrons. The smallest absolute Gasteiger partial charge is 0.460 e. The predicted molar refractivity (Wildman–Crippen MR) is 251 cm³/mol. The minimum absolute atomic E-state index is 0.840. The summed E-state index contributed by atoms with van der Waals surface area (Å²) < 4.78 is 437. The maximum Gasteiger partial charge on any atom is 0.460 e. The molecule has 4 fully saturated rings. The number of carbonyl (C=O) groups is 3. The van der Waals surface area contributed by atoms with E-state index in [0.717, 1.165) is 6.92 Å². The zero-order chi connectivity index (χ0) is 76.1. The zero-order valence-electron chi connectivity index (χ0n) is 46.0. The monoisotopic (exact) mass is 1580 g/mol. The van der Waals surface area contributed by atoms with Gasteiger partial charge in [-0.2, -0.15) is 121 Å². The molecule has 0 aromatic carbocycles. The summed E-state index contributed by atoms with van der Waals surface area (Å²) in [6, 6.07) is -4.96.